The molecule has 0 aliphatic heterocycles. The lowest BCUT2D eigenvalue weighted by molar-refractivity contribution is -0.137. The van der Waals surface area contributed by atoms with Crippen molar-refractivity contribution in [3.63, 3.8) is 0 Å². The van der Waals surface area contributed by atoms with Crippen LogP contribution in [0.5, 0.6) is 0 Å². The summed E-state index contributed by atoms with van der Waals surface area (Å²) in [5.74, 6) is -0.262. The highest BCUT2D eigenvalue weighted by Gasteiger charge is 2.35. The molecule has 0 bridgehead atoms. The number of nitrogens with zero attached hydrogens (tertiary/aromatic N) is 2. The second-order valence-electron chi connectivity index (χ2n) is 8.81. The molecule has 2 N–H and O–H groups in total. The Labute approximate surface area is 200 Å². The van der Waals surface area contributed by atoms with Crippen molar-refractivity contribution >= 4 is 17.3 Å². The molecule has 0 radical (unpaired) electrons. The zero-order valence-electron chi connectivity index (χ0n) is 19.4. The molecule has 0 aromatic heterocycles. The molecule has 0 saturated heterocycles. The molecule has 0 unspecified atom stereocenters. The van der Waals surface area contributed by atoms with E-state index in [0.29, 0.717) is 42.6 Å². The van der Waals surface area contributed by atoms with Crippen LogP contribution in [0.4, 0.5) is 33.3 Å². The molecule has 0 atom stereocenters. The Bertz CT molecular complexity index is 1070. The standard InChI is InChI=1S/C25H27F5N4O/c1-15-11-19(12-22(21(15)13-31)25(28,29)30)32-17-5-7-18(8-6-17)33-24(35)16-3-9-20(10-4-16)34(2)14-23(26)27/h3-4,9-12,17-18,23,32H,5-8,14H2,1-2H3,(H,33,35). The molecule has 1 aliphatic carbocycles. The number of hydrogen-bond acceptors (Lipinski definition) is 4. The third-order valence-corrected chi connectivity index (χ3v) is 6.17. The molecular weight excluding hydrogens is 467 g/mol. The predicted octanol–water partition coefficient (Wildman–Crippen LogP) is 5.74. The van der Waals surface area contributed by atoms with Crippen LogP contribution in [0.2, 0.25) is 0 Å². The fourth-order valence-corrected chi connectivity index (χ4v) is 4.31. The maximum absolute atomic E-state index is 13.3. The Balaban J connectivity index is 1.55. The summed E-state index contributed by atoms with van der Waals surface area (Å²) in [5.41, 5.74) is 0.265. The number of nitrogens with one attached hydrogen (secondary N) is 2. The molecular formula is C25H27F5N4O. The van der Waals surface area contributed by atoms with Gasteiger partial charge < -0.3 is 15.5 Å². The quantitative estimate of drug-likeness (QED) is 0.482. The molecule has 2 aromatic carbocycles. The van der Waals surface area contributed by atoms with Crippen molar-refractivity contribution in [1.82, 2.24) is 5.32 Å². The van der Waals surface area contributed by atoms with Crippen molar-refractivity contribution in [3.05, 3.63) is 58.7 Å². The van der Waals surface area contributed by atoms with Gasteiger partial charge in [-0.2, -0.15) is 18.4 Å². The van der Waals surface area contributed by atoms with E-state index in [-0.39, 0.29) is 29.1 Å². The van der Waals surface area contributed by atoms with Gasteiger partial charge in [0.25, 0.3) is 12.3 Å². The van der Waals surface area contributed by atoms with Crippen LogP contribution in [-0.4, -0.2) is 38.0 Å². The van der Waals surface area contributed by atoms with Crippen molar-refractivity contribution in [2.75, 3.05) is 23.8 Å². The van der Waals surface area contributed by atoms with Gasteiger partial charge in [0.15, 0.2) is 0 Å². The Morgan fingerprint density at radius 3 is 2.26 bits per heavy atom. The molecule has 2 aromatic rings. The second-order valence-corrected chi connectivity index (χ2v) is 8.81. The molecule has 188 valence electrons. The largest absolute Gasteiger partial charge is 0.417 e. The molecule has 0 spiro atoms. The highest BCUT2D eigenvalue weighted by atomic mass is 19.4. The van der Waals surface area contributed by atoms with Gasteiger partial charge in [-0.1, -0.05) is 0 Å². The van der Waals surface area contributed by atoms with E-state index >= 15 is 0 Å². The van der Waals surface area contributed by atoms with Gasteiger partial charge in [0.1, 0.15) is 6.07 Å². The van der Waals surface area contributed by atoms with Crippen molar-refractivity contribution in [3.8, 4) is 6.07 Å². The first-order valence-electron chi connectivity index (χ1n) is 11.3. The third-order valence-electron chi connectivity index (χ3n) is 6.17. The summed E-state index contributed by atoms with van der Waals surface area (Å²) in [6.07, 6.45) is -4.46. The minimum absolute atomic E-state index is 0.0544. The monoisotopic (exact) mass is 494 g/mol. The van der Waals surface area contributed by atoms with Crippen LogP contribution in [0.3, 0.4) is 0 Å². The Hall–Kier alpha value is -3.35. The lowest BCUT2D eigenvalue weighted by Gasteiger charge is -2.30. The highest BCUT2D eigenvalue weighted by molar-refractivity contribution is 5.94. The number of alkyl halides is 5. The smallest absolute Gasteiger partial charge is 0.382 e. The number of hydrogen-bond donors (Lipinski definition) is 2. The molecule has 10 heteroatoms. The predicted molar refractivity (Wildman–Crippen MR) is 124 cm³/mol. The average Bonchev–Trinajstić information content (AvgIpc) is 2.79. The molecule has 35 heavy (non-hydrogen) atoms. The van der Waals surface area contributed by atoms with Gasteiger partial charge in [-0.25, -0.2) is 8.78 Å². The van der Waals surface area contributed by atoms with E-state index in [1.807, 2.05) is 0 Å². The van der Waals surface area contributed by atoms with Crippen LogP contribution in [0.25, 0.3) is 0 Å². The molecule has 3 rings (SSSR count). The number of amides is 1. The lowest BCUT2D eigenvalue weighted by Crippen LogP contribution is -2.40. The van der Waals surface area contributed by atoms with Crippen molar-refractivity contribution < 1.29 is 26.7 Å². The van der Waals surface area contributed by atoms with E-state index in [9.17, 15) is 26.7 Å². The van der Waals surface area contributed by atoms with Crippen LogP contribution < -0.4 is 15.5 Å². The van der Waals surface area contributed by atoms with Gasteiger partial charge in [0, 0.05) is 36.1 Å². The molecule has 1 saturated carbocycles. The van der Waals surface area contributed by atoms with E-state index < -0.39 is 24.7 Å². The first-order valence-corrected chi connectivity index (χ1v) is 11.3. The average molecular weight is 495 g/mol. The molecule has 0 heterocycles. The Kier molecular flexibility index (Phi) is 8.20. The van der Waals surface area contributed by atoms with Crippen LogP contribution in [-0.2, 0) is 6.18 Å². The molecule has 1 aliphatic rings. The van der Waals surface area contributed by atoms with Gasteiger partial charge in [-0.05, 0) is 74.6 Å². The number of carbonyl (C=O) groups is 1. The summed E-state index contributed by atoms with van der Waals surface area (Å²) < 4.78 is 65.1. The maximum Gasteiger partial charge on any atom is 0.417 e. The number of carbonyl (C=O) groups excluding carboxylic acids is 1. The van der Waals surface area contributed by atoms with Crippen molar-refractivity contribution in [1.29, 1.82) is 5.26 Å². The minimum atomic E-state index is -4.62. The van der Waals surface area contributed by atoms with Crippen LogP contribution in [0, 0.1) is 18.3 Å². The van der Waals surface area contributed by atoms with Gasteiger partial charge in [-0.3, -0.25) is 4.79 Å². The second kappa shape index (κ2) is 10.9. The summed E-state index contributed by atoms with van der Waals surface area (Å²) in [6, 6.07) is 10.4. The highest BCUT2D eigenvalue weighted by Crippen LogP contribution is 2.36. The van der Waals surface area contributed by atoms with Crippen LogP contribution in [0.1, 0.15) is 52.7 Å². The third kappa shape index (κ3) is 6.84. The Morgan fingerprint density at radius 2 is 1.71 bits per heavy atom. The van der Waals surface area contributed by atoms with Gasteiger partial charge in [0.2, 0.25) is 0 Å². The maximum atomic E-state index is 13.3. The van der Waals surface area contributed by atoms with Gasteiger partial charge in [0.05, 0.1) is 17.7 Å². The molecule has 5 nitrogen and oxygen atoms in total. The first kappa shape index (κ1) is 26.3. The van der Waals surface area contributed by atoms with Crippen molar-refractivity contribution in [2.24, 2.45) is 0 Å². The number of benzene rings is 2. The minimum Gasteiger partial charge on any atom is -0.382 e. The lowest BCUT2D eigenvalue weighted by atomic mass is 9.90. The van der Waals surface area contributed by atoms with Crippen LogP contribution >= 0.6 is 0 Å². The van der Waals surface area contributed by atoms with E-state index in [1.165, 1.54) is 11.8 Å². The number of anilines is 2. The number of halogens is 5. The topological polar surface area (TPSA) is 68.2 Å². The summed E-state index contributed by atoms with van der Waals surface area (Å²) >= 11 is 0. The zero-order chi connectivity index (χ0) is 25.8. The van der Waals surface area contributed by atoms with Crippen LogP contribution in [0.15, 0.2) is 36.4 Å². The number of rotatable bonds is 7. The number of nitriles is 1. The van der Waals surface area contributed by atoms with E-state index in [2.05, 4.69) is 10.6 Å². The normalized spacial score (nSPS) is 18.1. The van der Waals surface area contributed by atoms with E-state index in [0.717, 1.165) is 6.07 Å². The molecule has 1 fully saturated rings. The SMILES string of the molecule is Cc1cc(NC2CCC(NC(=O)c3ccc(N(C)CC(F)F)cc3)CC2)cc(C(F)(F)F)c1C#N. The summed E-state index contributed by atoms with van der Waals surface area (Å²) in [6.45, 7) is 1.08. The summed E-state index contributed by atoms with van der Waals surface area (Å²) in [5, 5.41) is 15.2. The summed E-state index contributed by atoms with van der Waals surface area (Å²) in [4.78, 5) is 14.0. The zero-order valence-corrected chi connectivity index (χ0v) is 19.4. The van der Waals surface area contributed by atoms with E-state index in [1.54, 1.807) is 43.4 Å². The first-order chi connectivity index (χ1) is 16.5. The fourth-order valence-electron chi connectivity index (χ4n) is 4.31. The Morgan fingerprint density at radius 1 is 1.11 bits per heavy atom. The molecule has 1 amide bonds. The van der Waals surface area contributed by atoms with Gasteiger partial charge >= 0.3 is 6.18 Å². The van der Waals surface area contributed by atoms with E-state index in [4.69, 9.17) is 5.26 Å². The number of aryl methyl sites for hydroxylation is 1. The van der Waals surface area contributed by atoms with Crippen molar-refractivity contribution in [2.45, 2.75) is 57.3 Å². The summed E-state index contributed by atoms with van der Waals surface area (Å²) in [7, 11) is 1.55. The van der Waals surface area contributed by atoms with Gasteiger partial charge in [-0.15, -0.1) is 0 Å². The fraction of sp³-hybridized carbons (Fsp3) is 0.440.